The van der Waals surface area contributed by atoms with Gasteiger partial charge >= 0.3 is 12.8 Å². The summed E-state index contributed by atoms with van der Waals surface area (Å²) in [6, 6.07) is -0.450. The Bertz CT molecular complexity index is 1160. The van der Waals surface area contributed by atoms with Gasteiger partial charge in [0, 0.05) is 25.0 Å². The molecule has 12 heteroatoms. The lowest BCUT2D eigenvalue weighted by Gasteiger charge is -2.58. The fourth-order valence-electron chi connectivity index (χ4n) is 10.8. The molecular weight excluding hydrogens is 634 g/mol. The SMILES string of the molecule is B[C@H]1CC(NP(=O)(S)OCC(O)CNC(=O)OC2CCC3(C)C(=CCC4C3CCC3(C)C(C(C)CCCCC)CCC43)C2)[C@@H](CO)O1. The largest absolute Gasteiger partial charge is 0.446 e. The number of nitrogens with one attached hydrogen (secondary N) is 2. The summed E-state index contributed by atoms with van der Waals surface area (Å²) in [6.07, 6.45) is 15.5. The average Bonchev–Trinajstić information content (AvgIpc) is 3.57. The van der Waals surface area contributed by atoms with Crippen LogP contribution in [0, 0.1) is 40.4 Å². The van der Waals surface area contributed by atoms with Gasteiger partial charge in [-0.3, -0.25) is 4.57 Å². The van der Waals surface area contributed by atoms with E-state index in [2.05, 4.69) is 56.4 Å². The third-order valence-electron chi connectivity index (χ3n) is 13.2. The van der Waals surface area contributed by atoms with Crippen LogP contribution in [-0.4, -0.2) is 74.3 Å². The van der Waals surface area contributed by atoms with Gasteiger partial charge in [0.15, 0.2) is 0 Å². The van der Waals surface area contributed by atoms with Gasteiger partial charge in [-0.15, -0.1) is 0 Å². The molecule has 1 amide bonds. The van der Waals surface area contributed by atoms with Crippen LogP contribution in [0.25, 0.3) is 0 Å². The van der Waals surface area contributed by atoms with Gasteiger partial charge in [-0.05, 0) is 91.8 Å². The number of aliphatic hydroxyl groups excluding tert-OH is 2. The molecule has 4 N–H and O–H groups in total. The van der Waals surface area contributed by atoms with Crippen LogP contribution >= 0.6 is 19.0 Å². The minimum Gasteiger partial charge on any atom is -0.446 e. The van der Waals surface area contributed by atoms with Crippen molar-refractivity contribution in [2.24, 2.45) is 40.4 Å². The standard InChI is InChI=1S/C35H62BN2O7PS/c1-5-6-7-8-22(2)27-11-12-28-26-10-9-23-17-25(13-15-34(23,3)29(26)14-16-35(27,28)4)44-33(41)37-19-24(40)21-43-46(42,47)38-30-18-32(36)45-31(30)20-39/h9,22,24-32,39-40H,5-8,10-21,36H2,1-4H3,(H,37,41)(H2,38,42,47)/t22?,24?,25?,26?,27?,28?,29?,30?,31-,32-,34?,35?,46?/m1/s1. The predicted octanol–water partition coefficient (Wildman–Crippen LogP) is 5.99. The highest BCUT2D eigenvalue weighted by atomic mass is 32.7. The second kappa shape index (κ2) is 15.8. The van der Waals surface area contributed by atoms with Crippen molar-refractivity contribution in [1.82, 2.24) is 10.4 Å². The van der Waals surface area contributed by atoms with Crippen molar-refractivity contribution in [2.45, 2.75) is 142 Å². The van der Waals surface area contributed by atoms with Gasteiger partial charge in [0.05, 0.1) is 25.4 Å². The summed E-state index contributed by atoms with van der Waals surface area (Å²) in [6.45, 7) is 5.83. The monoisotopic (exact) mass is 696 g/mol. The van der Waals surface area contributed by atoms with Gasteiger partial charge in [-0.25, -0.2) is 9.88 Å². The molecule has 268 valence electrons. The fourth-order valence-corrected chi connectivity index (χ4v) is 12.6. The number of rotatable bonds is 14. The highest BCUT2D eigenvalue weighted by molar-refractivity contribution is 8.45. The number of fused-ring (bicyclic) bond motifs is 5. The molecule has 0 aromatic carbocycles. The van der Waals surface area contributed by atoms with E-state index >= 15 is 0 Å². The van der Waals surface area contributed by atoms with Gasteiger partial charge in [0.25, 0.3) is 0 Å². The normalized spacial score (nSPS) is 40.7. The molecule has 0 spiro atoms. The van der Waals surface area contributed by atoms with Crippen molar-refractivity contribution in [1.29, 1.82) is 0 Å². The van der Waals surface area contributed by atoms with Gasteiger partial charge < -0.3 is 29.5 Å². The minimum atomic E-state index is -3.56. The number of aliphatic hydroxyl groups is 2. The molecule has 1 aliphatic heterocycles. The van der Waals surface area contributed by atoms with Crippen molar-refractivity contribution in [2.75, 3.05) is 19.8 Å². The van der Waals surface area contributed by atoms with Crippen LogP contribution in [0.4, 0.5) is 4.79 Å². The Labute approximate surface area is 289 Å². The minimum absolute atomic E-state index is 0.0830. The molecule has 1 saturated heterocycles. The molecule has 4 aliphatic carbocycles. The van der Waals surface area contributed by atoms with Crippen LogP contribution in [0.2, 0.25) is 0 Å². The number of carbonyl (C=O) groups is 1. The lowest BCUT2D eigenvalue weighted by molar-refractivity contribution is -0.0581. The Morgan fingerprint density at radius 3 is 2.74 bits per heavy atom. The molecule has 0 aromatic heterocycles. The summed E-state index contributed by atoms with van der Waals surface area (Å²) in [5, 5.41) is 25.4. The first-order chi connectivity index (χ1) is 22.3. The summed E-state index contributed by atoms with van der Waals surface area (Å²) >= 11 is 4.12. The number of thiol groups is 1. The van der Waals surface area contributed by atoms with E-state index in [1.165, 1.54) is 56.9 Å². The fraction of sp³-hybridized carbons (Fsp3) is 0.914. The second-order valence-electron chi connectivity index (χ2n) is 16.2. The Hall–Kier alpha value is -0.545. The van der Waals surface area contributed by atoms with E-state index in [0.717, 1.165) is 55.3 Å². The van der Waals surface area contributed by atoms with E-state index in [1.54, 1.807) is 0 Å². The smallest absolute Gasteiger partial charge is 0.407 e. The Kier molecular flexibility index (Phi) is 12.7. The van der Waals surface area contributed by atoms with Crippen LogP contribution in [0.1, 0.15) is 111 Å². The van der Waals surface area contributed by atoms with Crippen molar-refractivity contribution < 1.29 is 33.6 Å². The zero-order valence-corrected chi connectivity index (χ0v) is 31.3. The molecule has 5 aliphatic rings. The third-order valence-corrected chi connectivity index (χ3v) is 15.1. The summed E-state index contributed by atoms with van der Waals surface area (Å²) in [5.74, 6) is 4.01. The van der Waals surface area contributed by atoms with Crippen LogP contribution in [0.15, 0.2) is 11.6 Å². The predicted molar refractivity (Wildman–Crippen MR) is 191 cm³/mol. The molecule has 13 atom stereocenters. The molecule has 11 unspecified atom stereocenters. The summed E-state index contributed by atoms with van der Waals surface area (Å²) < 4.78 is 29.6. The molecule has 3 saturated carbocycles. The average molecular weight is 697 g/mol. The van der Waals surface area contributed by atoms with Gasteiger partial charge in [-0.1, -0.05) is 77.3 Å². The van der Waals surface area contributed by atoms with E-state index in [-0.39, 0.29) is 43.3 Å². The van der Waals surface area contributed by atoms with Crippen molar-refractivity contribution in [3.05, 3.63) is 11.6 Å². The van der Waals surface area contributed by atoms with E-state index in [1.807, 2.05) is 7.85 Å². The van der Waals surface area contributed by atoms with E-state index in [9.17, 15) is 19.6 Å². The molecule has 0 bridgehead atoms. The third kappa shape index (κ3) is 8.51. The molecule has 5 rings (SSSR count). The Morgan fingerprint density at radius 1 is 1.21 bits per heavy atom. The van der Waals surface area contributed by atoms with Crippen molar-refractivity contribution in [3.8, 4) is 0 Å². The Balaban J connectivity index is 1.07. The summed E-state index contributed by atoms with van der Waals surface area (Å²) in [7, 11) is 1.88. The zero-order chi connectivity index (χ0) is 34.0. The number of hydrogen-bond donors (Lipinski definition) is 5. The van der Waals surface area contributed by atoms with Gasteiger partial charge in [0.2, 0.25) is 0 Å². The van der Waals surface area contributed by atoms with E-state index < -0.39 is 25.0 Å². The molecule has 0 radical (unpaired) electrons. The van der Waals surface area contributed by atoms with Crippen LogP contribution in [0.5, 0.6) is 0 Å². The van der Waals surface area contributed by atoms with Gasteiger partial charge in [-0.2, -0.15) is 0 Å². The first kappa shape index (κ1) is 37.7. The molecular formula is C35H62BN2O7PS. The number of carbonyl (C=O) groups excluding carboxylic acids is 1. The highest BCUT2D eigenvalue weighted by Gasteiger charge is 2.59. The first-order valence-corrected chi connectivity index (χ1v) is 21.4. The van der Waals surface area contributed by atoms with E-state index in [0.29, 0.717) is 11.8 Å². The summed E-state index contributed by atoms with van der Waals surface area (Å²) in [4.78, 5) is 12.7. The molecule has 0 aromatic rings. The maximum Gasteiger partial charge on any atom is 0.407 e. The zero-order valence-electron chi connectivity index (χ0n) is 29.5. The van der Waals surface area contributed by atoms with Crippen LogP contribution < -0.4 is 10.4 Å². The number of hydrogen-bond acceptors (Lipinski definition) is 7. The Morgan fingerprint density at radius 2 is 2.00 bits per heavy atom. The van der Waals surface area contributed by atoms with Gasteiger partial charge in [0.1, 0.15) is 14.0 Å². The molecule has 1 heterocycles. The maximum atomic E-state index is 12.8. The van der Waals surface area contributed by atoms with Crippen LogP contribution in [0.3, 0.4) is 0 Å². The first-order valence-electron chi connectivity index (χ1n) is 18.6. The number of alkyl carbamates (subject to hydrolysis) is 1. The summed E-state index contributed by atoms with van der Waals surface area (Å²) in [5.41, 5.74) is 2.15. The number of ether oxygens (including phenoxy) is 2. The lowest BCUT2D eigenvalue weighted by Crippen LogP contribution is -2.51. The quantitative estimate of drug-likeness (QED) is 0.0493. The van der Waals surface area contributed by atoms with Crippen molar-refractivity contribution >= 4 is 32.9 Å². The molecule has 47 heavy (non-hydrogen) atoms. The second-order valence-corrected chi connectivity index (χ2v) is 19.4. The molecule has 9 nitrogen and oxygen atoms in total. The number of allylic oxidation sites excluding steroid dienone is 1. The topological polar surface area (TPSA) is 126 Å². The lowest BCUT2D eigenvalue weighted by atomic mass is 9.47. The molecule has 4 fully saturated rings. The number of unbranched alkanes of at least 4 members (excludes halogenated alkanes) is 2. The van der Waals surface area contributed by atoms with Crippen LogP contribution in [-0.2, 0) is 18.6 Å². The van der Waals surface area contributed by atoms with E-state index in [4.69, 9.17) is 14.0 Å². The van der Waals surface area contributed by atoms with Crippen molar-refractivity contribution in [3.63, 3.8) is 0 Å². The highest BCUT2D eigenvalue weighted by Crippen LogP contribution is 2.67. The maximum absolute atomic E-state index is 12.8. The number of amides is 1.